The zero-order valence-electron chi connectivity index (χ0n) is 19.8. The lowest BCUT2D eigenvalue weighted by atomic mass is 10.0. The van der Waals surface area contributed by atoms with Crippen LogP contribution < -0.4 is 11.1 Å². The Balaban J connectivity index is 1.71. The molecule has 1 unspecified atom stereocenters. The standard InChI is InChI=1S/C20H27N7O5S3/c1-5-32-24-12(15-23-20(21)35-25-15)16(28)22-13-17(29)26-14(19(30)31)11(10-34-18(13)26)6-8-33-9-7-27(2,3)4/h6,8,13,18H,5,7,9-10H2,1-4H3,(H3-,21,22,23,25,28,30,31)/p+1/b8-6+,24-12-/t13?,18-/m1/s1. The van der Waals surface area contributed by atoms with Gasteiger partial charge in [0.2, 0.25) is 11.5 Å². The molecule has 0 saturated carbocycles. The molecule has 190 valence electrons. The molecule has 0 bridgehead atoms. The van der Waals surface area contributed by atoms with Gasteiger partial charge < -0.3 is 25.5 Å². The molecular weight excluding hydrogens is 514 g/mol. The number of aromatic nitrogens is 2. The summed E-state index contributed by atoms with van der Waals surface area (Å²) in [6, 6.07) is -0.922. The monoisotopic (exact) mass is 542 g/mol. The Kier molecular flexibility index (Phi) is 8.79. The fourth-order valence-corrected chi connectivity index (χ4v) is 5.95. The average Bonchev–Trinajstić information content (AvgIpc) is 3.21. The van der Waals surface area contributed by atoms with Crippen molar-refractivity contribution in [3.63, 3.8) is 0 Å². The minimum Gasteiger partial charge on any atom is -0.477 e. The summed E-state index contributed by atoms with van der Waals surface area (Å²) >= 11 is 3.86. The molecule has 2 amide bonds. The fourth-order valence-electron chi connectivity index (χ4n) is 3.15. The summed E-state index contributed by atoms with van der Waals surface area (Å²) < 4.78 is 4.81. The summed E-state index contributed by atoms with van der Waals surface area (Å²) in [5.41, 5.74) is 5.88. The number of amides is 2. The van der Waals surface area contributed by atoms with E-state index in [1.165, 1.54) is 16.7 Å². The van der Waals surface area contributed by atoms with Gasteiger partial charge in [0.1, 0.15) is 23.7 Å². The van der Waals surface area contributed by atoms with Crippen molar-refractivity contribution in [1.29, 1.82) is 0 Å². The first kappa shape index (κ1) is 27.0. The minimum absolute atomic E-state index is 0.0142. The third-order valence-corrected chi connectivity index (χ3v) is 7.48. The number of oxime groups is 1. The highest BCUT2D eigenvalue weighted by Crippen LogP contribution is 2.40. The number of rotatable bonds is 11. The van der Waals surface area contributed by atoms with Crippen molar-refractivity contribution in [1.82, 2.24) is 19.6 Å². The zero-order valence-corrected chi connectivity index (χ0v) is 22.2. The van der Waals surface area contributed by atoms with Crippen LogP contribution in [0, 0.1) is 0 Å². The van der Waals surface area contributed by atoms with E-state index in [4.69, 9.17) is 10.6 Å². The van der Waals surface area contributed by atoms with Gasteiger partial charge in [-0.25, -0.2) is 4.79 Å². The number of carboxylic acid groups (broad SMARTS) is 1. The number of aliphatic carboxylic acids is 1. The second kappa shape index (κ2) is 11.4. The summed E-state index contributed by atoms with van der Waals surface area (Å²) in [6.45, 7) is 2.87. The Morgan fingerprint density at radius 2 is 2.17 bits per heavy atom. The molecule has 12 nitrogen and oxygen atoms in total. The number of nitrogens with zero attached hydrogens (tertiary/aromatic N) is 5. The van der Waals surface area contributed by atoms with Crippen LogP contribution in [0.2, 0.25) is 0 Å². The molecule has 0 aliphatic carbocycles. The molecule has 2 aliphatic heterocycles. The smallest absolute Gasteiger partial charge is 0.352 e. The molecule has 1 saturated heterocycles. The van der Waals surface area contributed by atoms with Gasteiger partial charge in [0.25, 0.3) is 11.8 Å². The average molecular weight is 543 g/mol. The van der Waals surface area contributed by atoms with E-state index in [1.807, 2.05) is 5.41 Å². The highest BCUT2D eigenvalue weighted by atomic mass is 32.2. The van der Waals surface area contributed by atoms with Gasteiger partial charge in [-0.2, -0.15) is 9.36 Å². The molecule has 0 radical (unpaired) electrons. The van der Waals surface area contributed by atoms with E-state index in [9.17, 15) is 19.5 Å². The fraction of sp³-hybridized carbons (Fsp3) is 0.500. The van der Waals surface area contributed by atoms with E-state index < -0.39 is 29.2 Å². The van der Waals surface area contributed by atoms with Gasteiger partial charge in [-0.1, -0.05) is 5.16 Å². The van der Waals surface area contributed by atoms with Gasteiger partial charge in [-0.15, -0.1) is 23.5 Å². The molecule has 2 aliphatic rings. The van der Waals surface area contributed by atoms with Crippen LogP contribution in [0.1, 0.15) is 12.7 Å². The van der Waals surface area contributed by atoms with Crippen molar-refractivity contribution in [2.75, 3.05) is 51.5 Å². The zero-order chi connectivity index (χ0) is 25.8. The third kappa shape index (κ3) is 6.54. The number of thioether (sulfide) groups is 2. The van der Waals surface area contributed by atoms with Crippen LogP contribution in [-0.2, 0) is 19.2 Å². The molecule has 0 spiro atoms. The lowest BCUT2D eigenvalue weighted by Crippen LogP contribution is -2.71. The topological polar surface area (TPSA) is 160 Å². The highest BCUT2D eigenvalue weighted by Gasteiger charge is 2.54. The molecule has 1 aromatic heterocycles. The molecule has 1 fully saturated rings. The second-order valence-electron chi connectivity index (χ2n) is 8.54. The molecule has 0 aromatic carbocycles. The quantitative estimate of drug-likeness (QED) is 0.118. The predicted molar refractivity (Wildman–Crippen MR) is 137 cm³/mol. The number of fused-ring (bicyclic) bond motifs is 1. The van der Waals surface area contributed by atoms with Crippen molar-refractivity contribution >= 4 is 63.7 Å². The Hall–Kier alpha value is -2.62. The Bertz CT molecular complexity index is 1080. The van der Waals surface area contributed by atoms with Crippen molar-refractivity contribution in [3.05, 3.63) is 28.6 Å². The highest BCUT2D eigenvalue weighted by molar-refractivity contribution is 8.02. The summed E-state index contributed by atoms with van der Waals surface area (Å²) in [5, 5.41) is 17.6. The molecule has 1 aromatic rings. The number of nitrogen functional groups attached to an aromatic ring is 1. The number of hydrogen-bond donors (Lipinski definition) is 3. The minimum atomic E-state index is -1.19. The number of quaternary nitrogens is 1. The van der Waals surface area contributed by atoms with Gasteiger partial charge >= 0.3 is 5.97 Å². The van der Waals surface area contributed by atoms with Crippen LogP contribution in [0.3, 0.4) is 0 Å². The molecular formula is C20H28N7O5S3+. The van der Waals surface area contributed by atoms with Crippen LogP contribution >= 0.6 is 35.1 Å². The van der Waals surface area contributed by atoms with Crippen LogP contribution in [0.5, 0.6) is 0 Å². The first-order valence-corrected chi connectivity index (χ1v) is 13.5. The SMILES string of the molecule is CCO/N=C(\C(=O)NC1C(=O)N2C(C(=O)O)=C(/C=C/SCC[N+](C)(C)C)CS[C@H]12)c1nsc(N)n1. The van der Waals surface area contributed by atoms with E-state index in [2.05, 4.69) is 41.0 Å². The van der Waals surface area contributed by atoms with Crippen molar-refractivity contribution in [2.45, 2.75) is 18.3 Å². The van der Waals surface area contributed by atoms with E-state index in [0.29, 0.717) is 11.3 Å². The molecule has 3 rings (SSSR count). The largest absolute Gasteiger partial charge is 0.477 e. The third-order valence-electron chi connectivity index (χ3n) is 4.89. The normalized spacial score (nSPS) is 20.6. The van der Waals surface area contributed by atoms with Crippen LogP contribution in [-0.4, -0.2) is 105 Å². The van der Waals surface area contributed by atoms with E-state index in [1.54, 1.807) is 24.8 Å². The summed E-state index contributed by atoms with van der Waals surface area (Å²) in [5.74, 6) is -1.16. The Morgan fingerprint density at radius 1 is 1.43 bits per heavy atom. The molecule has 3 heterocycles. The maximum Gasteiger partial charge on any atom is 0.352 e. The van der Waals surface area contributed by atoms with Crippen molar-refractivity contribution in [2.24, 2.45) is 5.16 Å². The predicted octanol–water partition coefficient (Wildman–Crippen LogP) is 0.553. The van der Waals surface area contributed by atoms with Gasteiger partial charge in [-0.3, -0.25) is 14.5 Å². The first-order chi connectivity index (χ1) is 16.5. The summed E-state index contributed by atoms with van der Waals surface area (Å²) in [7, 11) is 6.31. The van der Waals surface area contributed by atoms with Gasteiger partial charge in [0.05, 0.1) is 27.7 Å². The van der Waals surface area contributed by atoms with E-state index in [-0.39, 0.29) is 29.0 Å². The molecule has 2 atom stereocenters. The molecule has 4 N–H and O–H groups in total. The van der Waals surface area contributed by atoms with Gasteiger partial charge in [0.15, 0.2) is 5.13 Å². The molecule has 15 heteroatoms. The number of carboxylic acids is 1. The number of allylic oxidation sites excluding steroid dienone is 1. The van der Waals surface area contributed by atoms with Gasteiger partial charge in [0, 0.05) is 23.0 Å². The summed E-state index contributed by atoms with van der Waals surface area (Å²) in [6.07, 6.45) is 1.75. The maximum atomic E-state index is 12.9. The maximum absolute atomic E-state index is 12.9. The number of nitrogens with one attached hydrogen (secondary N) is 1. The van der Waals surface area contributed by atoms with Crippen molar-refractivity contribution < 1.29 is 28.8 Å². The van der Waals surface area contributed by atoms with Crippen LogP contribution in [0.15, 0.2) is 27.9 Å². The second-order valence-corrected chi connectivity index (χ2v) is 11.4. The van der Waals surface area contributed by atoms with Crippen LogP contribution in [0.4, 0.5) is 5.13 Å². The number of carbonyl (C=O) groups excluding carboxylic acids is 2. The number of anilines is 1. The lowest BCUT2D eigenvalue weighted by Gasteiger charge is -2.49. The van der Waals surface area contributed by atoms with E-state index in [0.717, 1.165) is 28.3 Å². The number of carbonyl (C=O) groups is 3. The Morgan fingerprint density at radius 3 is 2.77 bits per heavy atom. The number of hydrogen-bond acceptors (Lipinski definition) is 11. The lowest BCUT2D eigenvalue weighted by molar-refractivity contribution is -0.867. The van der Waals surface area contributed by atoms with Crippen LogP contribution in [0.25, 0.3) is 0 Å². The Labute approximate surface area is 215 Å². The first-order valence-electron chi connectivity index (χ1n) is 10.6. The number of β-lactam (4-membered cyclic amide) rings is 1. The van der Waals surface area contributed by atoms with E-state index >= 15 is 0 Å². The number of nitrogens with two attached hydrogens (primary N) is 1. The van der Waals surface area contributed by atoms with Gasteiger partial charge in [-0.05, 0) is 24.0 Å². The van der Waals surface area contributed by atoms with Crippen molar-refractivity contribution in [3.8, 4) is 0 Å². The molecule has 35 heavy (non-hydrogen) atoms. The summed E-state index contributed by atoms with van der Waals surface area (Å²) in [4.78, 5) is 48.0.